The first-order valence-corrected chi connectivity index (χ1v) is 9.18. The number of amides is 1. The molecule has 0 radical (unpaired) electrons. The smallest absolute Gasteiger partial charge is 0.406 e. The maximum atomic E-state index is 12.3. The number of anilines is 3. The zero-order valence-electron chi connectivity index (χ0n) is 13.7. The molecule has 0 atom stereocenters. The van der Waals surface area contributed by atoms with E-state index < -0.39 is 12.3 Å². The van der Waals surface area contributed by atoms with Crippen LogP contribution in [-0.4, -0.2) is 17.3 Å². The van der Waals surface area contributed by atoms with Crippen molar-refractivity contribution in [3.8, 4) is 5.75 Å². The summed E-state index contributed by atoms with van der Waals surface area (Å²) in [4.78, 5) is 16.4. The molecule has 0 aliphatic heterocycles. The Morgan fingerprint density at radius 3 is 2.50 bits per heavy atom. The van der Waals surface area contributed by atoms with Crippen molar-refractivity contribution >= 4 is 57.0 Å². The Labute approximate surface area is 171 Å². The average molecular weight is 448 g/mol. The molecule has 1 aromatic heterocycles. The van der Waals surface area contributed by atoms with E-state index in [1.54, 1.807) is 18.2 Å². The summed E-state index contributed by atoms with van der Waals surface area (Å²) < 4.78 is 40.3. The number of nitrogens with zero attached hydrogens (tertiary/aromatic N) is 1. The third-order valence-corrected chi connectivity index (χ3v) is 4.85. The minimum absolute atomic E-state index is 0.139. The summed E-state index contributed by atoms with van der Waals surface area (Å²) >= 11 is 13.1. The summed E-state index contributed by atoms with van der Waals surface area (Å²) in [6.07, 6.45) is -4.75. The first-order valence-electron chi connectivity index (χ1n) is 7.55. The lowest BCUT2D eigenvalue weighted by atomic mass is 10.3. The number of benzene rings is 2. The van der Waals surface area contributed by atoms with Gasteiger partial charge in [0.2, 0.25) is 0 Å². The van der Waals surface area contributed by atoms with Crippen LogP contribution in [0.1, 0.15) is 10.5 Å². The Bertz CT molecular complexity index is 994. The van der Waals surface area contributed by atoms with Crippen LogP contribution in [0.25, 0.3) is 0 Å². The number of aromatic nitrogens is 1. The fourth-order valence-corrected chi connectivity index (χ4v) is 3.14. The standard InChI is InChI=1S/C17H10Cl2F3N3O2S/c18-11-2-1-3-12(14(11)19)24-15(26)13-8-28-16(25-13)23-9-4-6-10(7-5-9)27-17(20,21)22/h1-8H,(H,23,25)(H,24,26). The molecule has 0 aliphatic carbocycles. The molecule has 2 N–H and O–H groups in total. The molecule has 146 valence electrons. The van der Waals surface area contributed by atoms with Gasteiger partial charge >= 0.3 is 6.36 Å². The molecule has 0 fully saturated rings. The largest absolute Gasteiger partial charge is 0.573 e. The molecule has 28 heavy (non-hydrogen) atoms. The number of alkyl halides is 3. The minimum atomic E-state index is -4.75. The zero-order valence-corrected chi connectivity index (χ0v) is 16.0. The van der Waals surface area contributed by atoms with Crippen LogP contribution in [0.2, 0.25) is 10.0 Å². The molecule has 0 bridgehead atoms. The Kier molecular flexibility index (Phi) is 5.97. The van der Waals surface area contributed by atoms with Crippen molar-refractivity contribution in [2.45, 2.75) is 6.36 Å². The average Bonchev–Trinajstić information content (AvgIpc) is 3.08. The Hall–Kier alpha value is -2.49. The van der Waals surface area contributed by atoms with Crippen LogP contribution in [-0.2, 0) is 0 Å². The fourth-order valence-electron chi connectivity index (χ4n) is 2.09. The van der Waals surface area contributed by atoms with Gasteiger partial charge in [0.1, 0.15) is 11.4 Å². The molecule has 2 aromatic carbocycles. The second-order valence-electron chi connectivity index (χ2n) is 5.29. The second-order valence-corrected chi connectivity index (χ2v) is 6.93. The van der Waals surface area contributed by atoms with Gasteiger partial charge in [-0.15, -0.1) is 24.5 Å². The molecule has 0 spiro atoms. The number of halogens is 5. The number of ether oxygens (including phenoxy) is 1. The second kappa shape index (κ2) is 8.26. The van der Waals surface area contributed by atoms with Gasteiger partial charge in [0.05, 0.1) is 15.7 Å². The van der Waals surface area contributed by atoms with Crippen molar-refractivity contribution in [1.29, 1.82) is 0 Å². The molecule has 1 amide bonds. The number of nitrogens with one attached hydrogen (secondary N) is 2. The maximum absolute atomic E-state index is 12.3. The van der Waals surface area contributed by atoms with E-state index in [1.165, 1.54) is 17.5 Å². The predicted octanol–water partition coefficient (Wildman–Crippen LogP) is 6.34. The van der Waals surface area contributed by atoms with Gasteiger partial charge in [0.25, 0.3) is 5.91 Å². The summed E-state index contributed by atoms with van der Waals surface area (Å²) in [5.74, 6) is -0.821. The molecule has 1 heterocycles. The predicted molar refractivity (Wildman–Crippen MR) is 103 cm³/mol. The van der Waals surface area contributed by atoms with Crippen molar-refractivity contribution in [2.24, 2.45) is 0 Å². The number of hydrogen-bond donors (Lipinski definition) is 2. The highest BCUT2D eigenvalue weighted by Gasteiger charge is 2.30. The van der Waals surface area contributed by atoms with E-state index in [4.69, 9.17) is 23.2 Å². The summed E-state index contributed by atoms with van der Waals surface area (Å²) in [7, 11) is 0. The lowest BCUT2D eigenvalue weighted by Crippen LogP contribution is -2.16. The van der Waals surface area contributed by atoms with E-state index in [0.29, 0.717) is 21.5 Å². The van der Waals surface area contributed by atoms with E-state index in [2.05, 4.69) is 20.4 Å². The van der Waals surface area contributed by atoms with Crippen molar-refractivity contribution in [1.82, 2.24) is 4.98 Å². The van der Waals surface area contributed by atoms with Crippen LogP contribution in [0, 0.1) is 0 Å². The molecule has 3 rings (SSSR count). The molecular formula is C17H10Cl2F3N3O2S. The topological polar surface area (TPSA) is 63.2 Å². The maximum Gasteiger partial charge on any atom is 0.573 e. The molecular weight excluding hydrogens is 438 g/mol. The number of rotatable bonds is 5. The van der Waals surface area contributed by atoms with E-state index in [1.807, 2.05) is 0 Å². The first-order chi connectivity index (χ1) is 13.2. The molecule has 0 saturated heterocycles. The van der Waals surface area contributed by atoms with Gasteiger partial charge in [0.15, 0.2) is 5.13 Å². The normalized spacial score (nSPS) is 11.2. The first kappa shape index (κ1) is 20.2. The molecule has 0 saturated carbocycles. The highest BCUT2D eigenvalue weighted by atomic mass is 35.5. The van der Waals surface area contributed by atoms with E-state index in [-0.39, 0.29) is 16.5 Å². The molecule has 3 aromatic rings. The van der Waals surface area contributed by atoms with Crippen LogP contribution >= 0.6 is 34.5 Å². The van der Waals surface area contributed by atoms with E-state index in [9.17, 15) is 18.0 Å². The molecule has 0 unspecified atom stereocenters. The molecule has 0 aliphatic rings. The Morgan fingerprint density at radius 2 is 1.82 bits per heavy atom. The summed E-state index contributed by atoms with van der Waals surface area (Å²) in [5, 5.41) is 7.93. The van der Waals surface area contributed by atoms with Gasteiger partial charge < -0.3 is 15.4 Å². The molecule has 5 nitrogen and oxygen atoms in total. The van der Waals surface area contributed by atoms with Gasteiger partial charge in [-0.25, -0.2) is 4.98 Å². The van der Waals surface area contributed by atoms with Gasteiger partial charge in [-0.05, 0) is 36.4 Å². The zero-order chi connectivity index (χ0) is 20.3. The summed E-state index contributed by atoms with van der Waals surface area (Å²) in [6.45, 7) is 0. The van der Waals surface area contributed by atoms with Gasteiger partial charge in [-0.1, -0.05) is 29.3 Å². The quantitative estimate of drug-likeness (QED) is 0.478. The van der Waals surface area contributed by atoms with E-state index in [0.717, 1.165) is 23.5 Å². The minimum Gasteiger partial charge on any atom is -0.406 e. The summed E-state index contributed by atoms with van der Waals surface area (Å²) in [6, 6.07) is 9.96. The van der Waals surface area contributed by atoms with Gasteiger partial charge in [-0.3, -0.25) is 4.79 Å². The van der Waals surface area contributed by atoms with Gasteiger partial charge in [0, 0.05) is 11.1 Å². The lowest BCUT2D eigenvalue weighted by molar-refractivity contribution is -0.274. The highest BCUT2D eigenvalue weighted by Crippen LogP contribution is 2.30. The lowest BCUT2D eigenvalue weighted by Gasteiger charge is -2.09. The Balaban J connectivity index is 1.65. The third kappa shape index (κ3) is 5.28. The van der Waals surface area contributed by atoms with Crippen LogP contribution in [0.3, 0.4) is 0 Å². The SMILES string of the molecule is O=C(Nc1cccc(Cl)c1Cl)c1csc(Nc2ccc(OC(F)(F)F)cc2)n1. The van der Waals surface area contributed by atoms with Crippen LogP contribution in [0.15, 0.2) is 47.8 Å². The van der Waals surface area contributed by atoms with Crippen molar-refractivity contribution in [3.05, 3.63) is 63.6 Å². The highest BCUT2D eigenvalue weighted by molar-refractivity contribution is 7.14. The van der Waals surface area contributed by atoms with Gasteiger partial charge in [-0.2, -0.15) is 0 Å². The van der Waals surface area contributed by atoms with Crippen molar-refractivity contribution in [3.63, 3.8) is 0 Å². The van der Waals surface area contributed by atoms with Crippen LogP contribution in [0.4, 0.5) is 29.7 Å². The monoisotopic (exact) mass is 447 g/mol. The third-order valence-electron chi connectivity index (χ3n) is 3.28. The van der Waals surface area contributed by atoms with Crippen LogP contribution < -0.4 is 15.4 Å². The van der Waals surface area contributed by atoms with Crippen LogP contribution in [0.5, 0.6) is 5.75 Å². The van der Waals surface area contributed by atoms with Crippen molar-refractivity contribution < 1.29 is 22.7 Å². The molecule has 11 heteroatoms. The van der Waals surface area contributed by atoms with Crippen molar-refractivity contribution in [2.75, 3.05) is 10.6 Å². The van der Waals surface area contributed by atoms with E-state index >= 15 is 0 Å². The fraction of sp³-hybridized carbons (Fsp3) is 0.0588. The summed E-state index contributed by atoms with van der Waals surface area (Å²) in [5.41, 5.74) is 0.969. The number of carbonyl (C=O) groups excluding carboxylic acids is 1. The number of hydrogen-bond acceptors (Lipinski definition) is 5. The Morgan fingerprint density at radius 1 is 1.11 bits per heavy atom. The number of carbonyl (C=O) groups is 1. The number of thiazole rings is 1.